The summed E-state index contributed by atoms with van der Waals surface area (Å²) in [5.74, 6) is -0.299. The van der Waals surface area contributed by atoms with Crippen molar-refractivity contribution in [3.8, 4) is 5.88 Å². The van der Waals surface area contributed by atoms with Gasteiger partial charge >= 0.3 is 6.36 Å². The van der Waals surface area contributed by atoms with E-state index in [1.807, 2.05) is 0 Å². The van der Waals surface area contributed by atoms with Crippen LogP contribution in [0.25, 0.3) is 0 Å². The van der Waals surface area contributed by atoms with E-state index in [-0.39, 0.29) is 17.5 Å². The minimum atomic E-state index is -4.69. The summed E-state index contributed by atoms with van der Waals surface area (Å²) in [4.78, 5) is 0. The van der Waals surface area contributed by atoms with E-state index < -0.39 is 6.36 Å². The average Bonchev–Trinajstić information content (AvgIpc) is 2.29. The summed E-state index contributed by atoms with van der Waals surface area (Å²) in [7, 11) is 0. The predicted octanol–water partition coefficient (Wildman–Crippen LogP) is 2.47. The first-order chi connectivity index (χ1) is 6.31. The van der Waals surface area contributed by atoms with Crippen LogP contribution in [0.5, 0.6) is 5.88 Å². The number of halogens is 3. The molecule has 1 heterocycles. The fraction of sp³-hybridized carbons (Fsp3) is 0.625. The lowest BCUT2D eigenvalue weighted by Crippen LogP contribution is -2.20. The van der Waals surface area contributed by atoms with Gasteiger partial charge in [-0.15, -0.1) is 13.2 Å². The lowest BCUT2D eigenvalue weighted by molar-refractivity contribution is -0.277. The Kier molecular flexibility index (Phi) is 2.73. The van der Waals surface area contributed by atoms with Crippen molar-refractivity contribution in [2.45, 2.75) is 33.2 Å². The molecule has 6 heteroatoms. The maximum atomic E-state index is 12.0. The first kappa shape index (κ1) is 10.9. The third kappa shape index (κ3) is 2.40. The van der Waals surface area contributed by atoms with Crippen molar-refractivity contribution >= 4 is 0 Å². The van der Waals surface area contributed by atoms with Crippen molar-refractivity contribution in [3.63, 3.8) is 0 Å². The van der Waals surface area contributed by atoms with Gasteiger partial charge in [0.25, 0.3) is 0 Å². The van der Waals surface area contributed by atoms with Crippen LogP contribution in [0.2, 0.25) is 0 Å². The highest BCUT2D eigenvalue weighted by Crippen LogP contribution is 2.27. The number of ether oxygens (including phenoxy) is 1. The molecule has 1 radical (unpaired) electrons. The van der Waals surface area contributed by atoms with Gasteiger partial charge in [-0.05, 0) is 20.8 Å². The van der Waals surface area contributed by atoms with Gasteiger partial charge in [0.1, 0.15) is 6.20 Å². The fourth-order valence-corrected chi connectivity index (χ4v) is 0.977. The molecule has 3 nitrogen and oxygen atoms in total. The third-order valence-electron chi connectivity index (χ3n) is 1.56. The Morgan fingerprint density at radius 3 is 2.43 bits per heavy atom. The van der Waals surface area contributed by atoms with Gasteiger partial charge in [0.2, 0.25) is 5.88 Å². The molecule has 0 spiro atoms. The summed E-state index contributed by atoms with van der Waals surface area (Å²) in [6.45, 7) is 4.89. The summed E-state index contributed by atoms with van der Waals surface area (Å²) in [5, 5.41) is 3.67. The van der Waals surface area contributed by atoms with Gasteiger partial charge in [-0.3, -0.25) is 0 Å². The van der Waals surface area contributed by atoms with Crippen molar-refractivity contribution in [2.75, 3.05) is 0 Å². The second-order valence-electron chi connectivity index (χ2n) is 3.13. The zero-order chi connectivity index (χ0) is 10.9. The van der Waals surface area contributed by atoms with E-state index in [9.17, 15) is 13.2 Å². The van der Waals surface area contributed by atoms with Gasteiger partial charge in [-0.25, -0.2) is 4.68 Å². The Morgan fingerprint density at radius 2 is 2.00 bits per heavy atom. The molecule has 1 aromatic rings. The summed E-state index contributed by atoms with van der Waals surface area (Å²) in [5.41, 5.74) is 0.246. The number of aromatic nitrogens is 2. The molecule has 0 saturated carbocycles. The van der Waals surface area contributed by atoms with Crippen LogP contribution >= 0.6 is 0 Å². The monoisotopic (exact) mass is 207 g/mol. The van der Waals surface area contributed by atoms with Crippen molar-refractivity contribution in [1.82, 2.24) is 9.78 Å². The predicted molar refractivity (Wildman–Crippen MR) is 42.9 cm³/mol. The maximum absolute atomic E-state index is 12.0. The van der Waals surface area contributed by atoms with E-state index in [4.69, 9.17) is 0 Å². The first-order valence-electron chi connectivity index (χ1n) is 4.04. The van der Waals surface area contributed by atoms with E-state index in [1.165, 1.54) is 6.92 Å². The van der Waals surface area contributed by atoms with Crippen LogP contribution in [0, 0.1) is 13.1 Å². The van der Waals surface area contributed by atoms with E-state index >= 15 is 0 Å². The smallest absolute Gasteiger partial charge is 0.388 e. The highest BCUT2D eigenvalue weighted by atomic mass is 19.4. The minimum absolute atomic E-state index is 0.197. The van der Waals surface area contributed by atoms with Crippen LogP contribution in [0.15, 0.2) is 0 Å². The summed E-state index contributed by atoms with van der Waals surface area (Å²) in [6, 6.07) is -0.197. The number of nitrogens with zero attached hydrogens (tertiary/aromatic N) is 2. The van der Waals surface area contributed by atoms with Crippen LogP contribution in [-0.4, -0.2) is 16.1 Å². The Labute approximate surface area is 79.5 Å². The Hall–Kier alpha value is -1.20. The van der Waals surface area contributed by atoms with Crippen LogP contribution in [-0.2, 0) is 0 Å². The molecule has 0 aliphatic rings. The zero-order valence-corrected chi connectivity index (χ0v) is 8.01. The molecule has 0 aliphatic carbocycles. The topological polar surface area (TPSA) is 27.1 Å². The maximum Gasteiger partial charge on any atom is 0.574 e. The lowest BCUT2D eigenvalue weighted by Gasteiger charge is -2.13. The molecule has 0 N–H and O–H groups in total. The second-order valence-corrected chi connectivity index (χ2v) is 3.13. The Bertz CT molecular complexity index is 317. The van der Waals surface area contributed by atoms with Crippen molar-refractivity contribution in [3.05, 3.63) is 11.8 Å². The highest BCUT2D eigenvalue weighted by Gasteiger charge is 2.34. The van der Waals surface area contributed by atoms with Gasteiger partial charge in [-0.2, -0.15) is 5.10 Å². The fourth-order valence-electron chi connectivity index (χ4n) is 0.977. The number of hydrogen-bond acceptors (Lipinski definition) is 2. The summed E-state index contributed by atoms with van der Waals surface area (Å²) >= 11 is 0. The lowest BCUT2D eigenvalue weighted by atomic mass is 10.3. The Morgan fingerprint density at radius 1 is 1.43 bits per heavy atom. The standard InChI is InChI=1S/C8H10F3N2O/c1-5(2)13-7(6(3)4-12-13)14-8(9,10)11/h5H,1-3H3. The zero-order valence-electron chi connectivity index (χ0n) is 8.01. The van der Waals surface area contributed by atoms with Crippen molar-refractivity contribution < 1.29 is 17.9 Å². The highest BCUT2D eigenvalue weighted by molar-refractivity contribution is 5.21. The molecule has 0 saturated heterocycles. The second kappa shape index (κ2) is 3.51. The van der Waals surface area contributed by atoms with Gasteiger partial charge in [0.05, 0.1) is 6.04 Å². The van der Waals surface area contributed by atoms with Gasteiger partial charge < -0.3 is 4.74 Å². The van der Waals surface area contributed by atoms with Crippen molar-refractivity contribution in [2.24, 2.45) is 0 Å². The SMILES string of the molecule is Cc1[c]nn(C(C)C)c1OC(F)(F)F. The molecule has 1 rings (SSSR count). The molecule has 0 atom stereocenters. The van der Waals surface area contributed by atoms with E-state index in [0.717, 1.165) is 4.68 Å². The molecule has 0 aliphatic heterocycles. The number of hydrogen-bond donors (Lipinski definition) is 0. The quantitative estimate of drug-likeness (QED) is 0.744. The van der Waals surface area contributed by atoms with Crippen LogP contribution < -0.4 is 4.74 Å². The summed E-state index contributed by atoms with van der Waals surface area (Å²) < 4.78 is 40.9. The molecule has 0 amide bonds. The van der Waals surface area contributed by atoms with Gasteiger partial charge in [-0.1, -0.05) is 0 Å². The molecule has 0 unspecified atom stereocenters. The van der Waals surface area contributed by atoms with E-state index in [0.29, 0.717) is 0 Å². The molecule has 14 heavy (non-hydrogen) atoms. The third-order valence-corrected chi connectivity index (χ3v) is 1.56. The van der Waals surface area contributed by atoms with Gasteiger partial charge in [0.15, 0.2) is 0 Å². The normalized spacial score (nSPS) is 12.2. The molecule has 0 bridgehead atoms. The van der Waals surface area contributed by atoms with Gasteiger partial charge in [0, 0.05) is 5.56 Å². The first-order valence-corrected chi connectivity index (χ1v) is 4.04. The van der Waals surface area contributed by atoms with E-state index in [2.05, 4.69) is 16.0 Å². The summed E-state index contributed by atoms with van der Waals surface area (Å²) in [6.07, 6.45) is -2.26. The molecule has 0 fully saturated rings. The average molecular weight is 207 g/mol. The van der Waals surface area contributed by atoms with Crippen LogP contribution in [0.4, 0.5) is 13.2 Å². The molecule has 79 valence electrons. The largest absolute Gasteiger partial charge is 0.574 e. The number of alkyl halides is 3. The number of rotatable bonds is 2. The van der Waals surface area contributed by atoms with E-state index in [1.54, 1.807) is 13.8 Å². The van der Waals surface area contributed by atoms with Crippen LogP contribution in [0.1, 0.15) is 25.5 Å². The Balaban J connectivity index is 3.00. The molecular formula is C8H10F3N2O. The molecule has 0 aromatic carbocycles. The van der Waals surface area contributed by atoms with Crippen molar-refractivity contribution in [1.29, 1.82) is 0 Å². The number of aryl methyl sites for hydroxylation is 1. The molecular weight excluding hydrogens is 197 g/mol. The van der Waals surface area contributed by atoms with Crippen LogP contribution in [0.3, 0.4) is 0 Å². The molecule has 1 aromatic heterocycles. The minimum Gasteiger partial charge on any atom is -0.388 e.